The second-order valence-corrected chi connectivity index (χ2v) is 6.02. The van der Waals surface area contributed by atoms with Gasteiger partial charge in [0.25, 0.3) is 0 Å². The molecule has 1 aromatic rings. The normalized spacial score (nSPS) is 19.0. The Kier molecular flexibility index (Phi) is 6.01. The molecule has 2 aliphatic rings. The SMILES string of the molecule is COCCNc1nc2c(c(NC3CCOCC3)n1)CCNCC2. The van der Waals surface area contributed by atoms with Crippen LogP contribution in [-0.4, -0.2) is 62.6 Å². The largest absolute Gasteiger partial charge is 0.383 e. The minimum absolute atomic E-state index is 0.436. The molecule has 0 saturated carbocycles. The van der Waals surface area contributed by atoms with E-state index in [1.807, 2.05) is 0 Å². The van der Waals surface area contributed by atoms with E-state index in [0.717, 1.165) is 63.5 Å². The van der Waals surface area contributed by atoms with Crippen LogP contribution in [0.25, 0.3) is 0 Å². The number of hydrogen-bond acceptors (Lipinski definition) is 7. The fourth-order valence-electron chi connectivity index (χ4n) is 3.04. The quantitative estimate of drug-likeness (QED) is 0.669. The summed E-state index contributed by atoms with van der Waals surface area (Å²) in [5.74, 6) is 1.68. The Hall–Kier alpha value is -1.44. The third kappa shape index (κ3) is 4.53. The topological polar surface area (TPSA) is 80.3 Å². The summed E-state index contributed by atoms with van der Waals surface area (Å²) in [7, 11) is 1.70. The van der Waals surface area contributed by atoms with Crippen molar-refractivity contribution in [3.05, 3.63) is 11.3 Å². The van der Waals surface area contributed by atoms with Crippen LogP contribution in [0.4, 0.5) is 11.8 Å². The molecule has 1 aromatic heterocycles. The maximum absolute atomic E-state index is 5.45. The molecule has 1 saturated heterocycles. The molecule has 1 fully saturated rings. The van der Waals surface area contributed by atoms with Crippen molar-refractivity contribution in [2.75, 3.05) is 57.2 Å². The number of nitrogens with one attached hydrogen (secondary N) is 3. The van der Waals surface area contributed by atoms with Crippen molar-refractivity contribution in [2.24, 2.45) is 0 Å². The predicted molar refractivity (Wildman–Crippen MR) is 90.1 cm³/mol. The number of nitrogens with zero attached hydrogens (tertiary/aromatic N) is 2. The van der Waals surface area contributed by atoms with Crippen LogP contribution in [0.1, 0.15) is 24.1 Å². The van der Waals surface area contributed by atoms with E-state index >= 15 is 0 Å². The van der Waals surface area contributed by atoms with Crippen molar-refractivity contribution in [1.82, 2.24) is 15.3 Å². The van der Waals surface area contributed by atoms with Gasteiger partial charge in [0.05, 0.1) is 12.3 Å². The molecule has 0 aliphatic carbocycles. The maximum Gasteiger partial charge on any atom is 0.224 e. The van der Waals surface area contributed by atoms with Crippen LogP contribution >= 0.6 is 0 Å². The van der Waals surface area contributed by atoms with Gasteiger partial charge >= 0.3 is 0 Å². The lowest BCUT2D eigenvalue weighted by atomic mass is 10.1. The van der Waals surface area contributed by atoms with Crippen LogP contribution in [0.3, 0.4) is 0 Å². The summed E-state index contributed by atoms with van der Waals surface area (Å²) in [6.07, 6.45) is 3.98. The number of anilines is 2. The van der Waals surface area contributed by atoms with Gasteiger partial charge in [-0.1, -0.05) is 0 Å². The first kappa shape index (κ1) is 16.4. The van der Waals surface area contributed by atoms with Gasteiger partial charge in [-0.2, -0.15) is 4.98 Å². The third-order valence-electron chi connectivity index (χ3n) is 4.33. The molecule has 3 heterocycles. The van der Waals surface area contributed by atoms with Gasteiger partial charge in [-0.05, 0) is 25.8 Å². The van der Waals surface area contributed by atoms with Crippen molar-refractivity contribution in [3.8, 4) is 0 Å². The van der Waals surface area contributed by atoms with Crippen molar-refractivity contribution >= 4 is 11.8 Å². The molecule has 0 amide bonds. The summed E-state index contributed by atoms with van der Waals surface area (Å²) in [6.45, 7) is 4.96. The number of methoxy groups -OCH3 is 1. The van der Waals surface area contributed by atoms with Gasteiger partial charge in [0.15, 0.2) is 0 Å². The van der Waals surface area contributed by atoms with Crippen LogP contribution < -0.4 is 16.0 Å². The van der Waals surface area contributed by atoms with E-state index in [4.69, 9.17) is 19.4 Å². The highest BCUT2D eigenvalue weighted by molar-refractivity contribution is 5.52. The predicted octanol–water partition coefficient (Wildman–Crippen LogP) is 0.814. The van der Waals surface area contributed by atoms with Gasteiger partial charge in [0, 0.05) is 51.4 Å². The number of aromatic nitrogens is 2. The average molecular weight is 321 g/mol. The van der Waals surface area contributed by atoms with E-state index in [1.165, 1.54) is 5.56 Å². The first-order valence-electron chi connectivity index (χ1n) is 8.54. The summed E-state index contributed by atoms with van der Waals surface area (Å²) in [5.41, 5.74) is 2.42. The zero-order valence-corrected chi connectivity index (χ0v) is 13.9. The van der Waals surface area contributed by atoms with Crippen LogP contribution in [-0.2, 0) is 22.3 Å². The Morgan fingerprint density at radius 2 is 2.04 bits per heavy atom. The molecule has 7 nitrogen and oxygen atoms in total. The van der Waals surface area contributed by atoms with Crippen LogP contribution in [0.5, 0.6) is 0 Å². The maximum atomic E-state index is 5.45. The Labute approximate surface area is 137 Å². The van der Waals surface area contributed by atoms with E-state index < -0.39 is 0 Å². The lowest BCUT2D eigenvalue weighted by molar-refractivity contribution is 0.0903. The highest BCUT2D eigenvalue weighted by atomic mass is 16.5. The monoisotopic (exact) mass is 321 g/mol. The summed E-state index contributed by atoms with van der Waals surface area (Å²) in [6, 6.07) is 0.436. The van der Waals surface area contributed by atoms with Gasteiger partial charge in [0.2, 0.25) is 5.95 Å². The molecule has 0 bridgehead atoms. The lowest BCUT2D eigenvalue weighted by Gasteiger charge is -2.25. The zero-order valence-electron chi connectivity index (χ0n) is 13.9. The second kappa shape index (κ2) is 8.42. The molecule has 0 spiro atoms. The second-order valence-electron chi connectivity index (χ2n) is 6.02. The van der Waals surface area contributed by atoms with Crippen LogP contribution in [0.15, 0.2) is 0 Å². The van der Waals surface area contributed by atoms with Crippen LogP contribution in [0.2, 0.25) is 0 Å². The molecule has 23 heavy (non-hydrogen) atoms. The number of rotatable bonds is 6. The molecule has 0 atom stereocenters. The van der Waals surface area contributed by atoms with E-state index in [-0.39, 0.29) is 0 Å². The third-order valence-corrected chi connectivity index (χ3v) is 4.33. The Bertz CT molecular complexity index is 505. The van der Waals surface area contributed by atoms with Crippen LogP contribution in [0, 0.1) is 0 Å². The van der Waals surface area contributed by atoms with Gasteiger partial charge < -0.3 is 25.4 Å². The molecule has 128 valence electrons. The molecule has 0 aromatic carbocycles. The summed E-state index contributed by atoms with van der Waals surface area (Å²) in [4.78, 5) is 9.45. The van der Waals surface area contributed by atoms with Gasteiger partial charge in [-0.25, -0.2) is 4.98 Å². The Balaban J connectivity index is 1.79. The van der Waals surface area contributed by atoms with Crippen molar-refractivity contribution < 1.29 is 9.47 Å². The van der Waals surface area contributed by atoms with E-state index in [2.05, 4.69) is 16.0 Å². The number of fused-ring (bicyclic) bond motifs is 1. The molecule has 0 radical (unpaired) electrons. The minimum Gasteiger partial charge on any atom is -0.383 e. The molecule has 2 aliphatic heterocycles. The first-order chi connectivity index (χ1) is 11.4. The average Bonchev–Trinajstić information content (AvgIpc) is 2.82. The van der Waals surface area contributed by atoms with Crippen molar-refractivity contribution in [3.63, 3.8) is 0 Å². The van der Waals surface area contributed by atoms with Gasteiger partial charge in [-0.3, -0.25) is 0 Å². The highest BCUT2D eigenvalue weighted by Crippen LogP contribution is 2.24. The van der Waals surface area contributed by atoms with E-state index in [9.17, 15) is 0 Å². The Morgan fingerprint density at radius 3 is 2.87 bits per heavy atom. The summed E-state index contributed by atoms with van der Waals surface area (Å²) < 4.78 is 10.5. The summed E-state index contributed by atoms with van der Waals surface area (Å²) >= 11 is 0. The highest BCUT2D eigenvalue weighted by Gasteiger charge is 2.20. The standard InChI is InChI=1S/C16H27N5O2/c1-22-11-8-18-16-20-14-3-7-17-6-2-13(14)15(21-16)19-12-4-9-23-10-5-12/h12,17H,2-11H2,1H3,(H2,18,19,20,21). The summed E-state index contributed by atoms with van der Waals surface area (Å²) in [5, 5.41) is 10.3. The van der Waals surface area contributed by atoms with E-state index in [1.54, 1.807) is 7.11 Å². The van der Waals surface area contributed by atoms with Gasteiger partial charge in [0.1, 0.15) is 5.82 Å². The lowest BCUT2D eigenvalue weighted by Crippen LogP contribution is -2.29. The molecular formula is C16H27N5O2. The van der Waals surface area contributed by atoms with Crippen molar-refractivity contribution in [1.29, 1.82) is 0 Å². The molecule has 0 unspecified atom stereocenters. The molecule has 3 N–H and O–H groups in total. The molecule has 3 rings (SSSR count). The Morgan fingerprint density at radius 1 is 1.22 bits per heavy atom. The smallest absolute Gasteiger partial charge is 0.224 e. The molecule has 7 heteroatoms. The van der Waals surface area contributed by atoms with Crippen molar-refractivity contribution in [2.45, 2.75) is 31.7 Å². The fourth-order valence-corrected chi connectivity index (χ4v) is 3.04. The minimum atomic E-state index is 0.436. The number of hydrogen-bond donors (Lipinski definition) is 3. The molecular weight excluding hydrogens is 294 g/mol. The fraction of sp³-hybridized carbons (Fsp3) is 0.750. The zero-order chi connectivity index (χ0) is 15.9. The van der Waals surface area contributed by atoms with Gasteiger partial charge in [-0.15, -0.1) is 0 Å². The van der Waals surface area contributed by atoms with E-state index in [0.29, 0.717) is 25.1 Å². The first-order valence-corrected chi connectivity index (χ1v) is 8.54. The number of ether oxygens (including phenoxy) is 2.